The predicted molar refractivity (Wildman–Crippen MR) is 80.5 cm³/mol. The number of amides is 2. The van der Waals surface area contributed by atoms with E-state index in [9.17, 15) is 14.4 Å². The lowest BCUT2D eigenvalue weighted by Crippen LogP contribution is -2.32. The minimum Gasteiger partial charge on any atom is -0.349 e. The fraction of sp³-hybridized carbons (Fsp3) is 0.438. The summed E-state index contributed by atoms with van der Waals surface area (Å²) >= 11 is 0. The zero-order chi connectivity index (χ0) is 15.7. The Kier molecular flexibility index (Phi) is 4.11. The molecule has 0 fully saturated rings. The lowest BCUT2D eigenvalue weighted by molar-refractivity contribution is -0.128. The smallest absolute Gasteiger partial charge is 0.299 e. The van der Waals surface area contributed by atoms with Crippen LogP contribution in [0, 0.1) is 13.8 Å². The number of aryl methyl sites for hydroxylation is 1. The van der Waals surface area contributed by atoms with Crippen LogP contribution in [-0.4, -0.2) is 43.1 Å². The molecule has 2 rings (SSSR count). The number of rotatable bonds is 4. The molecular weight excluding hydrogens is 268 g/mol. The predicted octanol–water partition coefficient (Wildman–Crippen LogP) is 1.70. The van der Waals surface area contributed by atoms with E-state index >= 15 is 0 Å². The van der Waals surface area contributed by atoms with E-state index in [1.54, 1.807) is 20.2 Å². The van der Waals surface area contributed by atoms with E-state index in [0.717, 1.165) is 11.1 Å². The molecule has 5 heteroatoms. The minimum atomic E-state index is -0.490. The Balaban J connectivity index is 2.19. The Morgan fingerprint density at radius 1 is 1.19 bits per heavy atom. The number of hydrogen-bond donors (Lipinski definition) is 0. The lowest BCUT2D eigenvalue weighted by Gasteiger charge is -2.19. The number of Topliss-reactive ketones (excluding diaryl/α,β-unsaturated/α-hetero) is 1. The van der Waals surface area contributed by atoms with Crippen molar-refractivity contribution < 1.29 is 14.4 Å². The highest BCUT2D eigenvalue weighted by atomic mass is 16.2. The summed E-state index contributed by atoms with van der Waals surface area (Å²) in [5, 5.41) is 0. The molecule has 5 nitrogen and oxygen atoms in total. The third-order valence-electron chi connectivity index (χ3n) is 3.93. The van der Waals surface area contributed by atoms with Crippen LogP contribution in [-0.2, 0) is 9.59 Å². The molecular formula is C16H20N2O3. The number of hydrogen-bond acceptors (Lipinski definition) is 3. The van der Waals surface area contributed by atoms with Crippen LogP contribution in [0.15, 0.2) is 12.1 Å². The number of carbonyl (C=O) groups is 3. The van der Waals surface area contributed by atoms with Gasteiger partial charge in [-0.15, -0.1) is 0 Å². The first-order valence-corrected chi connectivity index (χ1v) is 7.01. The Bertz CT molecular complexity index is 620. The average Bonchev–Trinajstić information content (AvgIpc) is 2.68. The second-order valence-electron chi connectivity index (χ2n) is 5.58. The van der Waals surface area contributed by atoms with E-state index in [0.29, 0.717) is 30.6 Å². The largest absolute Gasteiger partial charge is 0.349 e. The zero-order valence-electron chi connectivity index (χ0n) is 12.9. The molecule has 1 aromatic rings. The first-order chi connectivity index (χ1) is 9.84. The fourth-order valence-electron chi connectivity index (χ4n) is 2.50. The molecule has 1 aliphatic rings. The average molecular weight is 288 g/mol. The molecule has 21 heavy (non-hydrogen) atoms. The van der Waals surface area contributed by atoms with Gasteiger partial charge in [0.15, 0.2) is 0 Å². The maximum atomic E-state index is 12.1. The van der Waals surface area contributed by atoms with Crippen molar-refractivity contribution in [1.82, 2.24) is 4.90 Å². The quantitative estimate of drug-likeness (QED) is 0.792. The summed E-state index contributed by atoms with van der Waals surface area (Å²) in [5.74, 6) is -0.919. The normalized spacial score (nSPS) is 13.6. The van der Waals surface area contributed by atoms with E-state index in [2.05, 4.69) is 0 Å². The number of ketones is 1. The number of benzene rings is 1. The van der Waals surface area contributed by atoms with Gasteiger partial charge in [-0.2, -0.15) is 0 Å². The van der Waals surface area contributed by atoms with Gasteiger partial charge in [-0.1, -0.05) is 6.07 Å². The summed E-state index contributed by atoms with van der Waals surface area (Å²) in [6.45, 7) is 4.26. The molecule has 1 aromatic carbocycles. The van der Waals surface area contributed by atoms with Gasteiger partial charge < -0.3 is 9.80 Å². The van der Waals surface area contributed by atoms with Crippen molar-refractivity contribution in [1.29, 1.82) is 0 Å². The maximum absolute atomic E-state index is 12.1. The van der Waals surface area contributed by atoms with Crippen LogP contribution >= 0.6 is 0 Å². The van der Waals surface area contributed by atoms with Crippen molar-refractivity contribution in [2.45, 2.75) is 26.7 Å². The molecule has 1 heterocycles. The van der Waals surface area contributed by atoms with E-state index in [4.69, 9.17) is 0 Å². The number of carbonyl (C=O) groups excluding carboxylic acids is 3. The lowest BCUT2D eigenvalue weighted by atomic mass is 10.0. The molecule has 2 amide bonds. The third kappa shape index (κ3) is 2.68. The molecule has 0 unspecified atom stereocenters. The van der Waals surface area contributed by atoms with Gasteiger partial charge in [0.2, 0.25) is 5.91 Å². The topological polar surface area (TPSA) is 57.7 Å². The Labute approximate surface area is 124 Å². The first kappa shape index (κ1) is 15.2. The number of anilines is 1. The Hall–Kier alpha value is -2.17. The molecule has 0 saturated carbocycles. The maximum Gasteiger partial charge on any atom is 0.299 e. The standard InChI is InChI=1S/C16H20N2O3/c1-10-7-8-12-14(11(10)2)18(16(21)15(12)20)9-5-6-13(19)17(3)4/h7-8H,5-6,9H2,1-4H3. The summed E-state index contributed by atoms with van der Waals surface area (Å²) in [7, 11) is 3.41. The van der Waals surface area contributed by atoms with E-state index in [1.807, 2.05) is 19.9 Å². The van der Waals surface area contributed by atoms with Crippen molar-refractivity contribution in [3.63, 3.8) is 0 Å². The number of fused-ring (bicyclic) bond motifs is 1. The molecule has 0 atom stereocenters. The van der Waals surface area contributed by atoms with Crippen molar-refractivity contribution in [2.24, 2.45) is 0 Å². The molecule has 0 aliphatic carbocycles. The monoisotopic (exact) mass is 288 g/mol. The summed E-state index contributed by atoms with van der Waals surface area (Å²) < 4.78 is 0. The summed E-state index contributed by atoms with van der Waals surface area (Å²) in [5.41, 5.74) is 3.18. The summed E-state index contributed by atoms with van der Waals surface area (Å²) in [4.78, 5) is 38.8. The second kappa shape index (κ2) is 5.68. The Morgan fingerprint density at radius 2 is 1.86 bits per heavy atom. The van der Waals surface area contributed by atoms with Crippen molar-refractivity contribution >= 4 is 23.3 Å². The van der Waals surface area contributed by atoms with Gasteiger partial charge in [0.25, 0.3) is 11.7 Å². The van der Waals surface area contributed by atoms with E-state index in [-0.39, 0.29) is 5.91 Å². The van der Waals surface area contributed by atoms with Crippen LogP contribution in [0.4, 0.5) is 5.69 Å². The molecule has 0 saturated heterocycles. The van der Waals surface area contributed by atoms with Gasteiger partial charge in [-0.25, -0.2) is 0 Å². The van der Waals surface area contributed by atoms with E-state index < -0.39 is 11.7 Å². The highest BCUT2D eigenvalue weighted by Gasteiger charge is 2.36. The van der Waals surface area contributed by atoms with Crippen LogP contribution in [0.5, 0.6) is 0 Å². The molecule has 0 radical (unpaired) electrons. The minimum absolute atomic E-state index is 0.0224. The van der Waals surface area contributed by atoms with Crippen molar-refractivity contribution in [2.75, 3.05) is 25.5 Å². The molecule has 0 spiro atoms. The second-order valence-corrected chi connectivity index (χ2v) is 5.58. The van der Waals surface area contributed by atoms with Gasteiger partial charge in [-0.3, -0.25) is 14.4 Å². The first-order valence-electron chi connectivity index (χ1n) is 7.01. The van der Waals surface area contributed by atoms with Gasteiger partial charge >= 0.3 is 0 Å². The molecule has 0 N–H and O–H groups in total. The summed E-state index contributed by atoms with van der Waals surface area (Å²) in [6, 6.07) is 3.57. The molecule has 1 aliphatic heterocycles. The van der Waals surface area contributed by atoms with Gasteiger partial charge in [0.05, 0.1) is 11.3 Å². The zero-order valence-corrected chi connectivity index (χ0v) is 12.9. The van der Waals surface area contributed by atoms with Gasteiger partial charge in [0.1, 0.15) is 0 Å². The van der Waals surface area contributed by atoms with Crippen LogP contribution in [0.2, 0.25) is 0 Å². The Morgan fingerprint density at radius 3 is 2.48 bits per heavy atom. The van der Waals surface area contributed by atoms with Crippen LogP contribution in [0.1, 0.15) is 34.3 Å². The van der Waals surface area contributed by atoms with Crippen LogP contribution in [0.25, 0.3) is 0 Å². The van der Waals surface area contributed by atoms with Crippen molar-refractivity contribution in [3.05, 3.63) is 28.8 Å². The molecule has 0 bridgehead atoms. The van der Waals surface area contributed by atoms with E-state index in [1.165, 1.54) is 9.80 Å². The molecule has 0 aromatic heterocycles. The third-order valence-corrected chi connectivity index (χ3v) is 3.93. The van der Waals surface area contributed by atoms with Gasteiger partial charge in [0, 0.05) is 27.1 Å². The van der Waals surface area contributed by atoms with Crippen LogP contribution < -0.4 is 4.90 Å². The van der Waals surface area contributed by atoms with Gasteiger partial charge in [-0.05, 0) is 37.5 Å². The SMILES string of the molecule is Cc1ccc2c(c1C)N(CCCC(=O)N(C)C)C(=O)C2=O. The number of nitrogens with zero attached hydrogens (tertiary/aromatic N) is 2. The molecule has 112 valence electrons. The van der Waals surface area contributed by atoms with Crippen LogP contribution in [0.3, 0.4) is 0 Å². The highest BCUT2D eigenvalue weighted by Crippen LogP contribution is 2.34. The van der Waals surface area contributed by atoms with Crippen molar-refractivity contribution in [3.8, 4) is 0 Å². The highest BCUT2D eigenvalue weighted by molar-refractivity contribution is 6.52. The summed E-state index contributed by atoms with van der Waals surface area (Å²) in [6.07, 6.45) is 0.911. The fourth-order valence-corrected chi connectivity index (χ4v) is 2.50.